The average molecular weight is 690 g/mol. The number of nitrogens with one attached hydrogen (secondary N) is 3. The number of anilines is 1. The molecule has 15 heteroatoms. The topological polar surface area (TPSA) is 138 Å². The van der Waals surface area contributed by atoms with Gasteiger partial charge in [0.15, 0.2) is 5.13 Å². The molecule has 0 amide bonds. The van der Waals surface area contributed by atoms with Gasteiger partial charge in [0.1, 0.15) is 29.7 Å². The van der Waals surface area contributed by atoms with E-state index in [0.717, 1.165) is 34.6 Å². The van der Waals surface area contributed by atoms with Crippen molar-refractivity contribution in [2.24, 2.45) is 5.41 Å². The van der Waals surface area contributed by atoms with E-state index in [1.165, 1.54) is 23.5 Å². The zero-order valence-electron chi connectivity index (χ0n) is 26.3. The molecule has 2 unspecified atom stereocenters. The van der Waals surface area contributed by atoms with E-state index < -0.39 is 37.6 Å². The van der Waals surface area contributed by atoms with Crippen molar-refractivity contribution in [2.75, 3.05) is 25.0 Å². The van der Waals surface area contributed by atoms with Crippen LogP contribution in [0.4, 0.5) is 13.9 Å². The highest BCUT2D eigenvalue weighted by Gasteiger charge is 2.46. The van der Waals surface area contributed by atoms with Gasteiger partial charge in [0, 0.05) is 47.8 Å². The number of aromatic amines is 1. The summed E-state index contributed by atoms with van der Waals surface area (Å²) in [6, 6.07) is 11.2. The van der Waals surface area contributed by atoms with Crippen LogP contribution in [0.25, 0.3) is 10.9 Å². The third-order valence-corrected chi connectivity index (χ3v) is 10.9. The molecule has 0 radical (unpaired) electrons. The number of ether oxygens (including phenoxy) is 1. The number of aliphatic hydroxyl groups excluding tert-OH is 1. The first-order valence-corrected chi connectivity index (χ1v) is 17.9. The molecule has 2 aromatic heterocycles. The van der Waals surface area contributed by atoms with Crippen molar-refractivity contribution in [1.82, 2.24) is 20.0 Å². The minimum absolute atomic E-state index is 0.128. The van der Waals surface area contributed by atoms with E-state index in [2.05, 4.69) is 15.4 Å². The smallest absolute Gasteiger partial charge is 0.459 e. The Bertz CT molecular complexity index is 1780. The summed E-state index contributed by atoms with van der Waals surface area (Å²) in [5.74, 6) is -1.59. The maximum atomic E-state index is 14.2. The number of aliphatic hydroxyl groups is 1. The maximum absolute atomic E-state index is 14.2. The largest absolute Gasteiger partial charge is 0.462 e. The second-order valence-electron chi connectivity index (χ2n) is 12.4. The van der Waals surface area contributed by atoms with Crippen molar-refractivity contribution < 1.29 is 37.0 Å². The number of rotatable bonds is 14. The predicted octanol–water partition coefficient (Wildman–Crippen LogP) is 6.28. The summed E-state index contributed by atoms with van der Waals surface area (Å²) in [5, 5.41) is 18.2. The van der Waals surface area contributed by atoms with Crippen LogP contribution in [-0.2, 0) is 31.6 Å². The van der Waals surface area contributed by atoms with E-state index in [-0.39, 0.29) is 23.5 Å². The number of hydrogen-bond acceptors (Lipinski definition) is 10. The van der Waals surface area contributed by atoms with E-state index in [9.17, 15) is 23.2 Å². The quantitative estimate of drug-likeness (QED) is 0.0885. The van der Waals surface area contributed by atoms with Crippen LogP contribution in [0.5, 0.6) is 5.75 Å². The fourth-order valence-electron chi connectivity index (χ4n) is 5.39. The van der Waals surface area contributed by atoms with E-state index in [1.54, 1.807) is 45.0 Å². The highest BCUT2D eigenvalue weighted by molar-refractivity contribution is 7.52. The lowest BCUT2D eigenvalue weighted by Crippen LogP contribution is -2.36. The minimum Gasteiger partial charge on any atom is -0.462 e. The summed E-state index contributed by atoms with van der Waals surface area (Å²) >= 11 is 1.49. The number of aromatic nitrogens is 2. The van der Waals surface area contributed by atoms with Crippen molar-refractivity contribution in [2.45, 2.75) is 65.0 Å². The van der Waals surface area contributed by atoms with Crippen molar-refractivity contribution in [3.8, 4) is 5.75 Å². The Morgan fingerprint density at radius 3 is 2.68 bits per heavy atom. The van der Waals surface area contributed by atoms with Crippen LogP contribution < -0.4 is 14.9 Å². The van der Waals surface area contributed by atoms with Crippen LogP contribution in [0, 0.1) is 17.0 Å². The second kappa shape index (κ2) is 13.6. The Balaban J connectivity index is 1.07. The molecule has 3 atom stereocenters. The molecular formula is C32H38F2N5O6PS. The fourth-order valence-corrected chi connectivity index (χ4v) is 8.02. The van der Waals surface area contributed by atoms with Gasteiger partial charge in [-0.3, -0.25) is 14.2 Å². The molecule has 2 aromatic carbocycles. The number of halogens is 2. The van der Waals surface area contributed by atoms with Gasteiger partial charge in [0.05, 0.1) is 29.6 Å². The predicted molar refractivity (Wildman–Crippen MR) is 174 cm³/mol. The third kappa shape index (κ3) is 8.02. The molecule has 1 saturated carbocycles. The number of thiazole rings is 1. The van der Waals surface area contributed by atoms with E-state index in [0.29, 0.717) is 43.0 Å². The van der Waals surface area contributed by atoms with E-state index in [1.807, 2.05) is 11.0 Å². The Morgan fingerprint density at radius 2 is 1.96 bits per heavy atom. The zero-order chi connectivity index (χ0) is 33.3. The van der Waals surface area contributed by atoms with Gasteiger partial charge >= 0.3 is 13.7 Å². The molecule has 1 aliphatic heterocycles. The maximum Gasteiger partial charge on any atom is 0.459 e. The first-order valence-electron chi connectivity index (χ1n) is 15.5. The van der Waals surface area contributed by atoms with Gasteiger partial charge in [0.2, 0.25) is 0 Å². The van der Waals surface area contributed by atoms with Crippen LogP contribution in [0.2, 0.25) is 0 Å². The molecule has 11 nitrogen and oxygen atoms in total. The molecular weight excluding hydrogens is 651 g/mol. The lowest BCUT2D eigenvalue weighted by Gasteiger charge is -2.29. The summed E-state index contributed by atoms with van der Waals surface area (Å²) in [4.78, 5) is 23.0. The Morgan fingerprint density at radius 1 is 1.19 bits per heavy atom. The highest BCUT2D eigenvalue weighted by atomic mass is 32.1. The Kier molecular flexibility index (Phi) is 9.71. The monoisotopic (exact) mass is 689 g/mol. The van der Waals surface area contributed by atoms with Gasteiger partial charge in [-0.25, -0.2) is 18.3 Å². The number of nitrogens with zero attached hydrogens (tertiary/aromatic N) is 2. The van der Waals surface area contributed by atoms with Crippen molar-refractivity contribution in [1.29, 1.82) is 0 Å². The summed E-state index contributed by atoms with van der Waals surface area (Å²) in [6.45, 7) is 6.66. The minimum atomic E-state index is -3.97. The van der Waals surface area contributed by atoms with Crippen molar-refractivity contribution in [3.63, 3.8) is 0 Å². The number of hydrogen-bond donors (Lipinski definition) is 4. The molecule has 0 saturated heterocycles. The highest BCUT2D eigenvalue weighted by Crippen LogP contribution is 2.52. The molecule has 0 spiro atoms. The molecule has 1 aliphatic carbocycles. The SMILES string of the molecule is CC(C)OC(=O)[C@H](C)NP(=O)(OCC1(CNc2nc3c(s2)CN(C(O)c2cc4c(F)cc(F)cc4[nH]2)CC3)CC1)Oc1ccccc1. The van der Waals surface area contributed by atoms with Crippen molar-refractivity contribution in [3.05, 3.63) is 76.4 Å². The first-order chi connectivity index (χ1) is 22.4. The van der Waals surface area contributed by atoms with Crippen LogP contribution in [0.15, 0.2) is 48.5 Å². The van der Waals surface area contributed by atoms with Crippen LogP contribution >= 0.6 is 19.1 Å². The molecule has 3 heterocycles. The number of H-pyrrole nitrogens is 1. The fraction of sp³-hybridized carbons (Fsp3) is 0.438. The standard InChI is InChI=1S/C32H38F2N5O6PS/c1-19(2)44-30(41)20(3)38-46(42,45-22-7-5-4-6-8-22)43-18-32(10-11-32)17-35-31-37-25-9-12-39(16-28(25)47-31)29(40)27-15-23-24(34)13-21(33)14-26(23)36-27/h4-8,13-15,19-20,29,36,40H,9-12,16-18H2,1-3H3,(H,35,37)(H,38,42)/t20-,29?,46?/m0/s1. The van der Waals surface area contributed by atoms with Gasteiger partial charge in [-0.2, -0.15) is 5.09 Å². The summed E-state index contributed by atoms with van der Waals surface area (Å²) in [5.41, 5.74) is 1.33. The summed E-state index contributed by atoms with van der Waals surface area (Å²) in [7, 11) is -3.97. The van der Waals surface area contributed by atoms with E-state index >= 15 is 0 Å². The number of benzene rings is 2. The van der Waals surface area contributed by atoms with Crippen LogP contribution in [0.1, 0.15) is 56.1 Å². The number of fused-ring (bicyclic) bond motifs is 2. The first kappa shape index (κ1) is 33.5. The molecule has 47 heavy (non-hydrogen) atoms. The Labute approximate surface area is 275 Å². The molecule has 4 N–H and O–H groups in total. The van der Waals surface area contributed by atoms with Gasteiger partial charge in [0.25, 0.3) is 0 Å². The number of para-hydroxylation sites is 1. The van der Waals surface area contributed by atoms with Crippen LogP contribution in [0.3, 0.4) is 0 Å². The lowest BCUT2D eigenvalue weighted by atomic mass is 10.1. The third-order valence-electron chi connectivity index (χ3n) is 8.20. The lowest BCUT2D eigenvalue weighted by molar-refractivity contribution is -0.149. The normalized spacial score (nSPS) is 18.4. The van der Waals surface area contributed by atoms with Gasteiger partial charge in [-0.15, -0.1) is 11.3 Å². The number of carbonyl (C=O) groups is 1. The second-order valence-corrected chi connectivity index (χ2v) is 15.2. The van der Waals surface area contributed by atoms with Gasteiger partial charge < -0.3 is 24.7 Å². The van der Waals surface area contributed by atoms with Crippen molar-refractivity contribution >= 4 is 41.1 Å². The van der Waals surface area contributed by atoms with Gasteiger partial charge in [-0.1, -0.05) is 18.2 Å². The Hall–Kier alpha value is -3.39. The number of carbonyl (C=O) groups excluding carboxylic acids is 1. The zero-order valence-corrected chi connectivity index (χ0v) is 28.0. The average Bonchev–Trinajstić information content (AvgIpc) is 3.47. The molecule has 252 valence electrons. The molecule has 4 aromatic rings. The number of esters is 1. The molecule has 0 bridgehead atoms. The van der Waals surface area contributed by atoms with Gasteiger partial charge in [-0.05, 0) is 57.9 Å². The molecule has 2 aliphatic rings. The molecule has 1 fully saturated rings. The van der Waals surface area contributed by atoms with Crippen LogP contribution in [-0.4, -0.2) is 57.8 Å². The summed E-state index contributed by atoms with van der Waals surface area (Å²) < 4.78 is 58.8. The summed E-state index contributed by atoms with van der Waals surface area (Å²) in [6.07, 6.45) is 0.948. The van der Waals surface area contributed by atoms with E-state index in [4.69, 9.17) is 18.8 Å². The molecule has 6 rings (SSSR count).